The molecule has 0 radical (unpaired) electrons. The Morgan fingerprint density at radius 3 is 2.55 bits per heavy atom. The maximum absolute atomic E-state index is 12.3. The lowest BCUT2D eigenvalue weighted by Gasteiger charge is -2.18. The van der Waals surface area contributed by atoms with E-state index in [4.69, 9.17) is 11.6 Å². The summed E-state index contributed by atoms with van der Waals surface area (Å²) in [5, 5.41) is 11.5. The number of rotatable bonds is 4. The normalized spacial score (nSPS) is 10.1. The van der Waals surface area contributed by atoms with Crippen LogP contribution in [0.3, 0.4) is 0 Å². The largest absolute Gasteiger partial charge is 0.506 e. The highest BCUT2D eigenvalue weighted by atomic mass is 35.5. The zero-order chi connectivity index (χ0) is 16.3. The Morgan fingerprint density at radius 1 is 1.32 bits per heavy atom. The first kappa shape index (κ1) is 16.1. The number of ether oxygens (including phenoxy) is 1. The van der Waals surface area contributed by atoms with Crippen LogP contribution in [0.1, 0.15) is 19.3 Å². The first-order valence-corrected chi connectivity index (χ1v) is 7.33. The molecular weight excluding hydrogens is 328 g/mol. The van der Waals surface area contributed by atoms with Crippen LogP contribution in [0.5, 0.6) is 5.75 Å². The average molecular weight is 341 g/mol. The third-order valence-corrected chi connectivity index (χ3v) is 4.08. The zero-order valence-electron chi connectivity index (χ0n) is 11.8. The van der Waals surface area contributed by atoms with Crippen molar-refractivity contribution in [3.63, 3.8) is 0 Å². The molecule has 8 heteroatoms. The minimum Gasteiger partial charge on any atom is -0.506 e. The van der Waals surface area contributed by atoms with E-state index in [-0.39, 0.29) is 15.5 Å². The van der Waals surface area contributed by atoms with Gasteiger partial charge in [0.15, 0.2) is 4.88 Å². The number of nitrogens with zero attached hydrogens (tertiary/aromatic N) is 1. The predicted octanol–water partition coefficient (Wildman–Crippen LogP) is 2.99. The molecule has 0 spiro atoms. The molecule has 1 aromatic heterocycles. The SMILES string of the molecule is COC(=O)c1sc(C(=O)N(C)Nc2ccc(Cl)cc2)cc1O. The number of hydrogen-bond acceptors (Lipinski definition) is 6. The molecule has 22 heavy (non-hydrogen) atoms. The number of nitrogens with one attached hydrogen (secondary N) is 1. The molecule has 1 amide bonds. The number of anilines is 1. The van der Waals surface area contributed by atoms with E-state index in [0.29, 0.717) is 10.7 Å². The van der Waals surface area contributed by atoms with Gasteiger partial charge in [-0.05, 0) is 24.3 Å². The highest BCUT2D eigenvalue weighted by Crippen LogP contribution is 2.29. The second kappa shape index (κ2) is 6.67. The Labute approximate surface area is 135 Å². The number of thiophene rings is 1. The summed E-state index contributed by atoms with van der Waals surface area (Å²) < 4.78 is 4.54. The molecular formula is C14H13ClN2O4S. The summed E-state index contributed by atoms with van der Waals surface area (Å²) in [5.41, 5.74) is 3.55. The minimum atomic E-state index is -0.685. The Kier molecular flexibility index (Phi) is 4.89. The van der Waals surface area contributed by atoms with Gasteiger partial charge in [0.25, 0.3) is 5.91 Å². The average Bonchev–Trinajstić information content (AvgIpc) is 2.89. The molecule has 0 fully saturated rings. The van der Waals surface area contributed by atoms with Crippen LogP contribution in [0.25, 0.3) is 0 Å². The van der Waals surface area contributed by atoms with Gasteiger partial charge in [-0.15, -0.1) is 11.3 Å². The summed E-state index contributed by atoms with van der Waals surface area (Å²) in [6.07, 6.45) is 0. The molecule has 0 saturated carbocycles. The molecule has 116 valence electrons. The van der Waals surface area contributed by atoms with Gasteiger partial charge < -0.3 is 9.84 Å². The molecule has 2 rings (SSSR count). The van der Waals surface area contributed by atoms with Crippen molar-refractivity contribution in [3.8, 4) is 5.75 Å². The van der Waals surface area contributed by atoms with E-state index in [2.05, 4.69) is 10.2 Å². The minimum absolute atomic E-state index is 0.00857. The lowest BCUT2D eigenvalue weighted by Crippen LogP contribution is -2.31. The van der Waals surface area contributed by atoms with Crippen LogP contribution in [-0.2, 0) is 4.74 Å². The third kappa shape index (κ3) is 3.49. The summed E-state index contributed by atoms with van der Waals surface area (Å²) in [4.78, 5) is 23.9. The summed E-state index contributed by atoms with van der Waals surface area (Å²) in [7, 11) is 2.74. The van der Waals surface area contributed by atoms with E-state index >= 15 is 0 Å². The fourth-order valence-corrected chi connectivity index (χ4v) is 2.73. The second-order valence-electron chi connectivity index (χ2n) is 4.30. The van der Waals surface area contributed by atoms with Gasteiger partial charge >= 0.3 is 5.97 Å². The lowest BCUT2D eigenvalue weighted by atomic mass is 10.3. The zero-order valence-corrected chi connectivity index (χ0v) is 13.4. The number of hydrazine groups is 1. The Bertz CT molecular complexity index is 699. The number of esters is 1. The number of amides is 1. The van der Waals surface area contributed by atoms with Crippen LogP contribution >= 0.6 is 22.9 Å². The van der Waals surface area contributed by atoms with Gasteiger partial charge in [-0.1, -0.05) is 11.6 Å². The first-order valence-electron chi connectivity index (χ1n) is 6.13. The number of aromatic hydroxyl groups is 1. The molecule has 0 aliphatic carbocycles. The fourth-order valence-electron chi connectivity index (χ4n) is 1.66. The van der Waals surface area contributed by atoms with E-state index < -0.39 is 11.9 Å². The van der Waals surface area contributed by atoms with Crippen LogP contribution < -0.4 is 5.43 Å². The monoisotopic (exact) mass is 340 g/mol. The van der Waals surface area contributed by atoms with Gasteiger partial charge in [0, 0.05) is 18.1 Å². The lowest BCUT2D eigenvalue weighted by molar-refractivity contribution is 0.0603. The first-order chi connectivity index (χ1) is 10.4. The van der Waals surface area contributed by atoms with Crippen LogP contribution in [0.2, 0.25) is 5.02 Å². The molecule has 2 aromatic rings. The van der Waals surface area contributed by atoms with Crippen LogP contribution in [-0.4, -0.2) is 36.1 Å². The Balaban J connectivity index is 2.13. The second-order valence-corrected chi connectivity index (χ2v) is 5.79. The van der Waals surface area contributed by atoms with Gasteiger partial charge in [-0.3, -0.25) is 15.2 Å². The van der Waals surface area contributed by atoms with Crippen molar-refractivity contribution in [2.24, 2.45) is 0 Å². The van der Waals surface area contributed by atoms with E-state index in [1.807, 2.05) is 0 Å². The van der Waals surface area contributed by atoms with Crippen molar-refractivity contribution in [2.45, 2.75) is 0 Å². The molecule has 1 heterocycles. The third-order valence-electron chi connectivity index (χ3n) is 2.74. The maximum Gasteiger partial charge on any atom is 0.351 e. The maximum atomic E-state index is 12.3. The van der Waals surface area contributed by atoms with E-state index in [9.17, 15) is 14.7 Å². The quantitative estimate of drug-likeness (QED) is 0.660. The number of carbonyl (C=O) groups excluding carboxylic acids is 2. The molecule has 0 bridgehead atoms. The van der Waals surface area contributed by atoms with Crippen molar-refractivity contribution < 1.29 is 19.4 Å². The highest BCUT2D eigenvalue weighted by Gasteiger charge is 2.22. The van der Waals surface area contributed by atoms with E-state index in [0.717, 1.165) is 11.3 Å². The Morgan fingerprint density at radius 2 is 1.95 bits per heavy atom. The van der Waals surface area contributed by atoms with Gasteiger partial charge in [-0.2, -0.15) is 0 Å². The molecule has 1 aromatic carbocycles. The standard InChI is InChI=1S/C14H13ClN2O4S/c1-17(16-9-5-3-8(15)4-6-9)13(19)11-7-10(18)12(22-11)14(20)21-2/h3-7,16,18H,1-2H3. The van der Waals surface area contributed by atoms with E-state index in [1.165, 1.54) is 25.2 Å². The van der Waals surface area contributed by atoms with Crippen LogP contribution in [0.4, 0.5) is 5.69 Å². The summed E-state index contributed by atoms with van der Waals surface area (Å²) in [6, 6.07) is 8.05. The van der Waals surface area contributed by atoms with Crippen molar-refractivity contribution in [3.05, 3.63) is 45.1 Å². The van der Waals surface area contributed by atoms with Crippen molar-refractivity contribution in [1.29, 1.82) is 0 Å². The molecule has 0 aliphatic heterocycles. The number of methoxy groups -OCH3 is 1. The topological polar surface area (TPSA) is 78.9 Å². The van der Waals surface area contributed by atoms with Crippen LogP contribution in [0.15, 0.2) is 30.3 Å². The molecule has 2 N–H and O–H groups in total. The van der Waals surface area contributed by atoms with Crippen molar-refractivity contribution in [1.82, 2.24) is 5.01 Å². The van der Waals surface area contributed by atoms with Gasteiger partial charge in [0.1, 0.15) is 5.75 Å². The van der Waals surface area contributed by atoms with Crippen LogP contribution in [0, 0.1) is 0 Å². The number of benzene rings is 1. The molecule has 6 nitrogen and oxygen atoms in total. The molecule has 0 aliphatic rings. The fraction of sp³-hybridized carbons (Fsp3) is 0.143. The summed E-state index contributed by atoms with van der Waals surface area (Å²) in [5.74, 6) is -1.36. The number of hydrogen-bond donors (Lipinski definition) is 2. The highest BCUT2D eigenvalue weighted by molar-refractivity contribution is 7.16. The van der Waals surface area contributed by atoms with Crippen molar-refractivity contribution >= 4 is 40.5 Å². The summed E-state index contributed by atoms with van der Waals surface area (Å²) in [6.45, 7) is 0. The smallest absolute Gasteiger partial charge is 0.351 e. The van der Waals surface area contributed by atoms with Gasteiger partial charge in [0.05, 0.1) is 17.7 Å². The van der Waals surface area contributed by atoms with Gasteiger partial charge in [0.2, 0.25) is 0 Å². The van der Waals surface area contributed by atoms with Gasteiger partial charge in [-0.25, -0.2) is 4.79 Å². The number of halogens is 1. The predicted molar refractivity (Wildman–Crippen MR) is 84.5 cm³/mol. The number of carbonyl (C=O) groups is 2. The summed E-state index contributed by atoms with van der Waals surface area (Å²) >= 11 is 6.66. The molecule has 0 unspecified atom stereocenters. The van der Waals surface area contributed by atoms with Crippen molar-refractivity contribution in [2.75, 3.05) is 19.6 Å². The molecule has 0 atom stereocenters. The Hall–Kier alpha value is -2.25. The molecule has 0 saturated heterocycles. The van der Waals surface area contributed by atoms with E-state index in [1.54, 1.807) is 24.3 Å².